The van der Waals surface area contributed by atoms with Crippen LogP contribution in [0.2, 0.25) is 0 Å². The van der Waals surface area contributed by atoms with Crippen LogP contribution in [-0.2, 0) is 6.61 Å². The number of ether oxygens (including phenoxy) is 1. The van der Waals surface area contributed by atoms with E-state index in [4.69, 9.17) is 9.15 Å². The molecule has 30 heavy (non-hydrogen) atoms. The van der Waals surface area contributed by atoms with E-state index in [1.54, 1.807) is 25.3 Å². The molecule has 0 aliphatic rings. The summed E-state index contributed by atoms with van der Waals surface area (Å²) >= 11 is 0. The molecule has 0 aliphatic carbocycles. The molecule has 150 valence electrons. The third-order valence-electron chi connectivity index (χ3n) is 4.63. The smallest absolute Gasteiger partial charge is 0.271 e. The first-order valence-electron chi connectivity index (χ1n) is 9.57. The first kappa shape index (κ1) is 19.4. The van der Waals surface area contributed by atoms with E-state index in [0.717, 1.165) is 28.0 Å². The van der Waals surface area contributed by atoms with Crippen molar-refractivity contribution in [3.8, 4) is 5.75 Å². The number of carbonyl (C=O) groups excluding carboxylic acids is 1. The molecule has 0 saturated carbocycles. The van der Waals surface area contributed by atoms with Gasteiger partial charge in [-0.25, -0.2) is 5.43 Å². The number of para-hydroxylation sites is 1. The maximum Gasteiger partial charge on any atom is 0.271 e. The standard InChI is InChI=1S/C24H21N3O3/c1-16-8-13-21(30-16)17(2)26-27-24(28)20-11-9-18(10-12-20)15-29-22-7-3-5-19-6-4-14-25-23(19)22/h3-14H,15H2,1-2H3,(H,27,28)/b26-17-. The zero-order valence-corrected chi connectivity index (χ0v) is 16.8. The molecular weight excluding hydrogens is 378 g/mol. The van der Waals surface area contributed by atoms with Crippen molar-refractivity contribution in [1.82, 2.24) is 10.4 Å². The van der Waals surface area contributed by atoms with Crippen molar-refractivity contribution in [2.75, 3.05) is 0 Å². The normalized spacial score (nSPS) is 11.5. The summed E-state index contributed by atoms with van der Waals surface area (Å²) in [6.07, 6.45) is 1.75. The Kier molecular flexibility index (Phi) is 5.57. The molecule has 1 amide bonds. The quantitative estimate of drug-likeness (QED) is 0.371. The van der Waals surface area contributed by atoms with Gasteiger partial charge in [0.2, 0.25) is 0 Å². The Bertz CT molecular complexity index is 1200. The van der Waals surface area contributed by atoms with Gasteiger partial charge in [0, 0.05) is 17.1 Å². The third kappa shape index (κ3) is 4.38. The number of benzene rings is 2. The van der Waals surface area contributed by atoms with E-state index in [1.807, 2.05) is 61.5 Å². The van der Waals surface area contributed by atoms with Crippen LogP contribution in [0.15, 0.2) is 82.4 Å². The van der Waals surface area contributed by atoms with Gasteiger partial charge in [-0.05, 0) is 55.8 Å². The summed E-state index contributed by atoms with van der Waals surface area (Å²) in [6, 6.07) is 20.6. The minimum absolute atomic E-state index is 0.289. The molecule has 6 heteroatoms. The summed E-state index contributed by atoms with van der Waals surface area (Å²) in [5.74, 6) is 1.86. The fourth-order valence-corrected chi connectivity index (χ4v) is 2.99. The molecule has 0 fully saturated rings. The lowest BCUT2D eigenvalue weighted by atomic mass is 10.1. The molecule has 0 bridgehead atoms. The average Bonchev–Trinajstić information content (AvgIpc) is 3.22. The molecule has 6 nitrogen and oxygen atoms in total. The highest BCUT2D eigenvalue weighted by atomic mass is 16.5. The zero-order valence-electron chi connectivity index (χ0n) is 16.8. The molecule has 0 unspecified atom stereocenters. The number of aryl methyl sites for hydroxylation is 1. The Labute approximate surface area is 174 Å². The van der Waals surface area contributed by atoms with E-state index in [0.29, 0.717) is 23.6 Å². The number of hydrogen-bond acceptors (Lipinski definition) is 5. The molecule has 1 N–H and O–H groups in total. The molecule has 0 atom stereocenters. The van der Waals surface area contributed by atoms with Crippen LogP contribution in [-0.4, -0.2) is 16.6 Å². The van der Waals surface area contributed by atoms with Crippen LogP contribution in [0.25, 0.3) is 10.9 Å². The lowest BCUT2D eigenvalue weighted by Crippen LogP contribution is -2.19. The summed E-state index contributed by atoms with van der Waals surface area (Å²) < 4.78 is 11.4. The summed E-state index contributed by atoms with van der Waals surface area (Å²) in [6.45, 7) is 4.02. The van der Waals surface area contributed by atoms with Gasteiger partial charge >= 0.3 is 0 Å². The summed E-state index contributed by atoms with van der Waals surface area (Å²) in [5, 5.41) is 5.13. The van der Waals surface area contributed by atoms with E-state index in [9.17, 15) is 4.79 Å². The van der Waals surface area contributed by atoms with Gasteiger partial charge < -0.3 is 9.15 Å². The van der Waals surface area contributed by atoms with Gasteiger partial charge in [-0.3, -0.25) is 9.78 Å². The first-order chi connectivity index (χ1) is 14.6. The van der Waals surface area contributed by atoms with Crippen molar-refractivity contribution in [1.29, 1.82) is 0 Å². The van der Waals surface area contributed by atoms with Crippen molar-refractivity contribution in [3.05, 3.63) is 95.6 Å². The molecule has 2 heterocycles. The fourth-order valence-electron chi connectivity index (χ4n) is 2.99. The van der Waals surface area contributed by atoms with Gasteiger partial charge in [0.15, 0.2) is 0 Å². The molecule has 0 radical (unpaired) electrons. The summed E-state index contributed by atoms with van der Waals surface area (Å²) in [4.78, 5) is 16.7. The number of hydrazone groups is 1. The van der Waals surface area contributed by atoms with Gasteiger partial charge in [0.1, 0.15) is 35.1 Å². The second-order valence-electron chi connectivity index (χ2n) is 6.87. The Hall–Kier alpha value is -3.93. The van der Waals surface area contributed by atoms with Crippen molar-refractivity contribution < 1.29 is 13.9 Å². The van der Waals surface area contributed by atoms with E-state index in [2.05, 4.69) is 15.5 Å². The monoisotopic (exact) mass is 399 g/mol. The Morgan fingerprint density at radius 3 is 2.63 bits per heavy atom. The lowest BCUT2D eigenvalue weighted by Gasteiger charge is -2.09. The number of fused-ring (bicyclic) bond motifs is 1. The maximum atomic E-state index is 12.3. The molecule has 0 aliphatic heterocycles. The van der Waals surface area contributed by atoms with Crippen LogP contribution in [0.3, 0.4) is 0 Å². The van der Waals surface area contributed by atoms with Crippen molar-refractivity contribution >= 4 is 22.5 Å². The number of furan rings is 1. The number of rotatable bonds is 6. The summed E-state index contributed by atoms with van der Waals surface area (Å²) in [7, 11) is 0. The highest BCUT2D eigenvalue weighted by Gasteiger charge is 2.08. The van der Waals surface area contributed by atoms with E-state index in [-0.39, 0.29) is 5.91 Å². The lowest BCUT2D eigenvalue weighted by molar-refractivity contribution is 0.0954. The number of nitrogens with zero attached hydrogens (tertiary/aromatic N) is 2. The highest BCUT2D eigenvalue weighted by molar-refractivity contribution is 5.99. The van der Waals surface area contributed by atoms with Gasteiger partial charge in [-0.15, -0.1) is 0 Å². The Morgan fingerprint density at radius 1 is 1.07 bits per heavy atom. The SMILES string of the molecule is C/C(=N/NC(=O)c1ccc(COc2cccc3cccnc23)cc1)c1ccc(C)o1. The second kappa shape index (κ2) is 8.61. The molecule has 4 rings (SSSR count). The number of aromatic nitrogens is 1. The summed E-state index contributed by atoms with van der Waals surface area (Å²) in [5.41, 5.74) is 5.45. The number of pyridine rings is 1. The number of amides is 1. The minimum atomic E-state index is -0.289. The van der Waals surface area contributed by atoms with E-state index in [1.165, 1.54) is 0 Å². The molecule has 0 spiro atoms. The third-order valence-corrected chi connectivity index (χ3v) is 4.63. The molecule has 4 aromatic rings. The first-order valence-corrected chi connectivity index (χ1v) is 9.57. The van der Waals surface area contributed by atoms with Crippen molar-refractivity contribution in [2.45, 2.75) is 20.5 Å². The number of nitrogens with one attached hydrogen (secondary N) is 1. The van der Waals surface area contributed by atoms with Crippen LogP contribution in [0.4, 0.5) is 0 Å². The number of carbonyl (C=O) groups is 1. The maximum absolute atomic E-state index is 12.3. The number of hydrogen-bond donors (Lipinski definition) is 1. The van der Waals surface area contributed by atoms with Crippen LogP contribution >= 0.6 is 0 Å². The fraction of sp³-hybridized carbons (Fsp3) is 0.125. The van der Waals surface area contributed by atoms with Crippen molar-refractivity contribution in [3.63, 3.8) is 0 Å². The Balaban J connectivity index is 1.38. The van der Waals surface area contributed by atoms with E-state index >= 15 is 0 Å². The minimum Gasteiger partial charge on any atom is -0.487 e. The van der Waals surface area contributed by atoms with Crippen LogP contribution in [0.1, 0.15) is 34.4 Å². The molecule has 2 aromatic heterocycles. The van der Waals surface area contributed by atoms with Crippen LogP contribution in [0.5, 0.6) is 5.75 Å². The van der Waals surface area contributed by atoms with Gasteiger partial charge in [0.05, 0.1) is 0 Å². The second-order valence-corrected chi connectivity index (χ2v) is 6.87. The predicted molar refractivity (Wildman–Crippen MR) is 116 cm³/mol. The van der Waals surface area contributed by atoms with Crippen LogP contribution < -0.4 is 10.2 Å². The van der Waals surface area contributed by atoms with Crippen molar-refractivity contribution in [2.24, 2.45) is 5.10 Å². The molecular formula is C24H21N3O3. The van der Waals surface area contributed by atoms with E-state index < -0.39 is 0 Å². The zero-order chi connectivity index (χ0) is 20.9. The van der Waals surface area contributed by atoms with Gasteiger partial charge in [-0.1, -0.05) is 30.3 Å². The highest BCUT2D eigenvalue weighted by Crippen LogP contribution is 2.23. The van der Waals surface area contributed by atoms with Crippen LogP contribution in [0, 0.1) is 6.92 Å². The Morgan fingerprint density at radius 2 is 1.87 bits per heavy atom. The molecule has 0 saturated heterocycles. The topological polar surface area (TPSA) is 76.7 Å². The van der Waals surface area contributed by atoms with Gasteiger partial charge in [0.25, 0.3) is 5.91 Å². The average molecular weight is 399 g/mol. The largest absolute Gasteiger partial charge is 0.487 e. The predicted octanol–water partition coefficient (Wildman–Crippen LogP) is 4.87. The van der Waals surface area contributed by atoms with Gasteiger partial charge in [-0.2, -0.15) is 5.10 Å². The molecule has 2 aromatic carbocycles.